The van der Waals surface area contributed by atoms with Gasteiger partial charge in [0, 0.05) is 20.6 Å². The van der Waals surface area contributed by atoms with Crippen LogP contribution in [0, 0.1) is 5.41 Å². The van der Waals surface area contributed by atoms with E-state index in [2.05, 4.69) is 5.32 Å². The number of benzene rings is 1. The van der Waals surface area contributed by atoms with E-state index in [1.165, 1.54) is 4.90 Å². The molecule has 1 aromatic carbocycles. The monoisotopic (exact) mass is 277 g/mol. The molecule has 5 nitrogen and oxygen atoms in total. The minimum atomic E-state index is -0.631. The van der Waals surface area contributed by atoms with Gasteiger partial charge in [-0.05, 0) is 25.5 Å². The van der Waals surface area contributed by atoms with Gasteiger partial charge in [0.15, 0.2) is 0 Å². The van der Waals surface area contributed by atoms with Gasteiger partial charge in [-0.1, -0.05) is 19.1 Å². The summed E-state index contributed by atoms with van der Waals surface area (Å²) in [4.78, 5) is 25.9. The normalized spacial score (nSPS) is 13.4. The Morgan fingerprint density at radius 2 is 1.90 bits per heavy atom. The van der Waals surface area contributed by atoms with E-state index in [1.807, 2.05) is 13.8 Å². The molecular weight excluding hydrogens is 254 g/mol. The summed E-state index contributed by atoms with van der Waals surface area (Å²) in [6.45, 7) is 4.00. The fourth-order valence-electron chi connectivity index (χ4n) is 1.69. The molecule has 1 unspecified atom stereocenters. The van der Waals surface area contributed by atoms with Gasteiger partial charge in [-0.15, -0.1) is 0 Å². The summed E-state index contributed by atoms with van der Waals surface area (Å²) in [5.74, 6) is -0.312. The minimum Gasteiger partial charge on any atom is -0.345 e. The van der Waals surface area contributed by atoms with E-state index in [1.54, 1.807) is 38.4 Å². The number of nitrogens with one attached hydrogen (secondary N) is 1. The van der Waals surface area contributed by atoms with Crippen molar-refractivity contribution in [3.8, 4) is 0 Å². The van der Waals surface area contributed by atoms with E-state index >= 15 is 0 Å². The van der Waals surface area contributed by atoms with Gasteiger partial charge in [-0.3, -0.25) is 9.59 Å². The first-order valence-corrected chi connectivity index (χ1v) is 6.68. The molecule has 0 spiro atoms. The van der Waals surface area contributed by atoms with Crippen LogP contribution in [0.1, 0.15) is 30.6 Å². The second-order valence-electron chi connectivity index (χ2n) is 5.32. The number of amides is 2. The number of anilines is 1. The van der Waals surface area contributed by atoms with Crippen LogP contribution in [-0.2, 0) is 4.79 Å². The molecule has 5 heteroatoms. The minimum absolute atomic E-state index is 0.146. The summed E-state index contributed by atoms with van der Waals surface area (Å²) in [6.07, 6.45) is 0.638. The van der Waals surface area contributed by atoms with E-state index in [-0.39, 0.29) is 18.4 Å². The topological polar surface area (TPSA) is 75.4 Å². The van der Waals surface area contributed by atoms with Crippen molar-refractivity contribution in [3.05, 3.63) is 29.8 Å². The largest absolute Gasteiger partial charge is 0.345 e. The number of nitrogens with zero attached hydrogens (tertiary/aromatic N) is 1. The van der Waals surface area contributed by atoms with Gasteiger partial charge in [-0.2, -0.15) is 0 Å². The average Bonchev–Trinajstić information content (AvgIpc) is 2.46. The highest BCUT2D eigenvalue weighted by Crippen LogP contribution is 2.24. The van der Waals surface area contributed by atoms with Crippen molar-refractivity contribution in [2.75, 3.05) is 26.0 Å². The lowest BCUT2D eigenvalue weighted by Gasteiger charge is -2.25. The maximum absolute atomic E-state index is 12.3. The molecule has 2 amide bonds. The number of hydrogen-bond donors (Lipinski definition) is 2. The second-order valence-corrected chi connectivity index (χ2v) is 5.32. The standard InChI is InChI=1S/C15H23N3O2/c1-5-15(2,10-16)14(20)17-12-9-7-6-8-11(12)13(19)18(3)4/h6-9H,5,10,16H2,1-4H3,(H,17,20). The molecule has 3 N–H and O–H groups in total. The van der Waals surface area contributed by atoms with Crippen LogP contribution in [0.3, 0.4) is 0 Å². The molecule has 1 aromatic rings. The number of hydrogen-bond acceptors (Lipinski definition) is 3. The van der Waals surface area contributed by atoms with Crippen molar-refractivity contribution < 1.29 is 9.59 Å². The Bertz CT molecular complexity index is 494. The summed E-state index contributed by atoms with van der Waals surface area (Å²) < 4.78 is 0. The lowest BCUT2D eigenvalue weighted by Crippen LogP contribution is -2.39. The smallest absolute Gasteiger partial charge is 0.255 e. The van der Waals surface area contributed by atoms with Crippen molar-refractivity contribution in [3.63, 3.8) is 0 Å². The molecule has 0 aliphatic rings. The van der Waals surface area contributed by atoms with E-state index in [9.17, 15) is 9.59 Å². The molecule has 0 fully saturated rings. The summed E-state index contributed by atoms with van der Waals surface area (Å²) in [6, 6.07) is 6.98. The third-order valence-corrected chi connectivity index (χ3v) is 3.59. The molecule has 0 saturated carbocycles. The predicted molar refractivity (Wildman–Crippen MR) is 80.5 cm³/mol. The van der Waals surface area contributed by atoms with Gasteiger partial charge >= 0.3 is 0 Å². The molecule has 0 aromatic heterocycles. The Morgan fingerprint density at radius 3 is 2.40 bits per heavy atom. The van der Waals surface area contributed by atoms with Crippen LogP contribution in [-0.4, -0.2) is 37.4 Å². The van der Waals surface area contributed by atoms with E-state index in [0.29, 0.717) is 17.7 Å². The van der Waals surface area contributed by atoms with Crippen LogP contribution in [0.25, 0.3) is 0 Å². The number of nitrogens with two attached hydrogens (primary N) is 1. The summed E-state index contributed by atoms with van der Waals surface area (Å²) in [7, 11) is 3.36. The van der Waals surface area contributed by atoms with Gasteiger partial charge in [-0.25, -0.2) is 0 Å². The molecular formula is C15H23N3O2. The Hall–Kier alpha value is -1.88. The van der Waals surface area contributed by atoms with Crippen LogP contribution in [0.4, 0.5) is 5.69 Å². The highest BCUT2D eigenvalue weighted by atomic mass is 16.2. The van der Waals surface area contributed by atoms with Gasteiger partial charge in [0.2, 0.25) is 5.91 Å². The summed E-state index contributed by atoms with van der Waals surface area (Å²) in [5, 5.41) is 2.82. The van der Waals surface area contributed by atoms with Gasteiger partial charge in [0.25, 0.3) is 5.91 Å². The fraction of sp³-hybridized carbons (Fsp3) is 0.467. The number of carbonyl (C=O) groups is 2. The van der Waals surface area contributed by atoms with Gasteiger partial charge in [0.1, 0.15) is 0 Å². The Balaban J connectivity index is 3.05. The molecule has 0 saturated heterocycles. The van der Waals surface area contributed by atoms with Crippen LogP contribution in [0.15, 0.2) is 24.3 Å². The predicted octanol–water partition coefficient (Wildman–Crippen LogP) is 1.70. The third kappa shape index (κ3) is 3.36. The molecule has 1 rings (SSSR count). The molecule has 0 radical (unpaired) electrons. The van der Waals surface area contributed by atoms with Crippen molar-refractivity contribution in [2.24, 2.45) is 11.1 Å². The molecule has 0 bridgehead atoms. The zero-order valence-electron chi connectivity index (χ0n) is 12.6. The van der Waals surface area contributed by atoms with Crippen LogP contribution < -0.4 is 11.1 Å². The van der Waals surface area contributed by atoms with Crippen molar-refractivity contribution >= 4 is 17.5 Å². The lowest BCUT2D eigenvalue weighted by atomic mass is 9.86. The molecule has 0 aliphatic heterocycles. The maximum atomic E-state index is 12.3. The van der Waals surface area contributed by atoms with E-state index in [4.69, 9.17) is 5.73 Å². The van der Waals surface area contributed by atoms with Crippen LogP contribution in [0.5, 0.6) is 0 Å². The number of rotatable bonds is 5. The number of carbonyl (C=O) groups excluding carboxylic acids is 2. The molecule has 20 heavy (non-hydrogen) atoms. The highest BCUT2D eigenvalue weighted by molar-refractivity contribution is 6.04. The quantitative estimate of drug-likeness (QED) is 0.860. The van der Waals surface area contributed by atoms with Crippen LogP contribution >= 0.6 is 0 Å². The first kappa shape index (κ1) is 16.2. The third-order valence-electron chi connectivity index (χ3n) is 3.59. The molecule has 0 heterocycles. The van der Waals surface area contributed by atoms with Crippen LogP contribution in [0.2, 0.25) is 0 Å². The lowest BCUT2D eigenvalue weighted by molar-refractivity contribution is -0.124. The number of para-hydroxylation sites is 1. The molecule has 1 atom stereocenters. The van der Waals surface area contributed by atoms with Crippen molar-refractivity contribution in [2.45, 2.75) is 20.3 Å². The molecule has 0 aliphatic carbocycles. The molecule has 110 valence electrons. The first-order chi connectivity index (χ1) is 9.35. The fourth-order valence-corrected chi connectivity index (χ4v) is 1.69. The van der Waals surface area contributed by atoms with Gasteiger partial charge < -0.3 is 16.0 Å². The Kier molecular flexibility index (Phi) is 5.27. The SMILES string of the molecule is CCC(C)(CN)C(=O)Nc1ccccc1C(=O)N(C)C. The Labute approximate surface area is 120 Å². The zero-order valence-corrected chi connectivity index (χ0v) is 12.6. The summed E-state index contributed by atoms with van der Waals surface area (Å²) >= 11 is 0. The Morgan fingerprint density at radius 1 is 1.30 bits per heavy atom. The van der Waals surface area contributed by atoms with Crippen molar-refractivity contribution in [1.29, 1.82) is 0 Å². The van der Waals surface area contributed by atoms with E-state index in [0.717, 1.165) is 0 Å². The first-order valence-electron chi connectivity index (χ1n) is 6.68. The summed E-state index contributed by atoms with van der Waals surface area (Å²) in [5.41, 5.74) is 6.04. The van der Waals surface area contributed by atoms with E-state index < -0.39 is 5.41 Å². The average molecular weight is 277 g/mol. The second kappa shape index (κ2) is 6.52. The zero-order chi connectivity index (χ0) is 15.3. The van der Waals surface area contributed by atoms with Gasteiger partial charge in [0.05, 0.1) is 16.7 Å². The highest BCUT2D eigenvalue weighted by Gasteiger charge is 2.30. The van der Waals surface area contributed by atoms with Crippen molar-refractivity contribution in [1.82, 2.24) is 4.90 Å². The maximum Gasteiger partial charge on any atom is 0.255 e.